The quantitative estimate of drug-likeness (QED) is 0.568. The van der Waals surface area contributed by atoms with E-state index in [1.54, 1.807) is 27.7 Å². The van der Waals surface area contributed by atoms with Crippen molar-refractivity contribution in [1.82, 2.24) is 5.32 Å². The van der Waals surface area contributed by atoms with Gasteiger partial charge in [0.1, 0.15) is 11.6 Å². The summed E-state index contributed by atoms with van der Waals surface area (Å²) in [6.45, 7) is 6.91. The Morgan fingerprint density at radius 3 is 2.48 bits per heavy atom. The Hall–Kier alpha value is -2.84. The van der Waals surface area contributed by atoms with Crippen LogP contribution in [-0.2, 0) is 16.0 Å². The SMILES string of the molecule is CCOc1ccc(CC(NC(=O)OC(C)(C)C)C(=O)O)cc1[N+](=O)[O-]. The summed E-state index contributed by atoms with van der Waals surface area (Å²) in [5.41, 5.74) is -0.662. The topological polar surface area (TPSA) is 128 Å². The van der Waals surface area contributed by atoms with Gasteiger partial charge in [-0.15, -0.1) is 0 Å². The molecule has 1 aromatic rings. The van der Waals surface area contributed by atoms with Gasteiger partial charge in [0.25, 0.3) is 0 Å². The van der Waals surface area contributed by atoms with E-state index in [0.717, 1.165) is 0 Å². The molecular formula is C16H22N2O7. The average Bonchev–Trinajstić information content (AvgIpc) is 2.46. The summed E-state index contributed by atoms with van der Waals surface area (Å²) in [4.78, 5) is 33.6. The second-order valence-corrected chi connectivity index (χ2v) is 6.23. The molecule has 1 aromatic carbocycles. The molecule has 138 valence electrons. The van der Waals surface area contributed by atoms with E-state index in [1.165, 1.54) is 18.2 Å². The van der Waals surface area contributed by atoms with Gasteiger partial charge in [-0.1, -0.05) is 6.07 Å². The highest BCUT2D eigenvalue weighted by Gasteiger charge is 2.25. The van der Waals surface area contributed by atoms with Crippen molar-refractivity contribution in [3.05, 3.63) is 33.9 Å². The minimum Gasteiger partial charge on any atom is -0.487 e. The van der Waals surface area contributed by atoms with Gasteiger partial charge in [0.15, 0.2) is 5.75 Å². The zero-order chi connectivity index (χ0) is 19.2. The number of amides is 1. The smallest absolute Gasteiger partial charge is 0.408 e. The summed E-state index contributed by atoms with van der Waals surface area (Å²) >= 11 is 0. The number of nitrogens with one attached hydrogen (secondary N) is 1. The van der Waals surface area contributed by atoms with Gasteiger partial charge in [-0.3, -0.25) is 10.1 Å². The van der Waals surface area contributed by atoms with Gasteiger partial charge in [0.05, 0.1) is 11.5 Å². The van der Waals surface area contributed by atoms with Crippen molar-refractivity contribution in [1.29, 1.82) is 0 Å². The normalized spacial score (nSPS) is 12.2. The Morgan fingerprint density at radius 2 is 2.00 bits per heavy atom. The van der Waals surface area contributed by atoms with Crippen molar-refractivity contribution in [2.45, 2.75) is 45.8 Å². The molecule has 9 heteroatoms. The molecule has 1 unspecified atom stereocenters. The van der Waals surface area contributed by atoms with Crippen molar-refractivity contribution in [2.75, 3.05) is 6.61 Å². The first-order chi connectivity index (χ1) is 11.5. The lowest BCUT2D eigenvalue weighted by molar-refractivity contribution is -0.385. The number of carboxylic acids is 1. The Kier molecular flexibility index (Phi) is 6.72. The van der Waals surface area contributed by atoms with E-state index in [-0.39, 0.29) is 24.5 Å². The maximum absolute atomic E-state index is 11.8. The third-order valence-corrected chi connectivity index (χ3v) is 2.95. The monoisotopic (exact) mass is 354 g/mol. The van der Waals surface area contributed by atoms with Crippen LogP contribution < -0.4 is 10.1 Å². The second kappa shape index (κ2) is 8.32. The molecule has 2 N–H and O–H groups in total. The predicted molar refractivity (Wildman–Crippen MR) is 88.8 cm³/mol. The summed E-state index contributed by atoms with van der Waals surface area (Å²) in [7, 11) is 0. The second-order valence-electron chi connectivity index (χ2n) is 6.23. The molecule has 1 atom stereocenters. The van der Waals surface area contributed by atoms with Crippen LogP contribution in [0.25, 0.3) is 0 Å². The number of nitro groups is 1. The minimum atomic E-state index is -1.28. The van der Waals surface area contributed by atoms with Crippen molar-refractivity contribution in [3.63, 3.8) is 0 Å². The van der Waals surface area contributed by atoms with Gasteiger partial charge in [-0.05, 0) is 39.3 Å². The number of hydrogen-bond acceptors (Lipinski definition) is 6. The molecular weight excluding hydrogens is 332 g/mol. The van der Waals surface area contributed by atoms with Crippen LogP contribution >= 0.6 is 0 Å². The van der Waals surface area contributed by atoms with Crippen molar-refractivity contribution < 1.29 is 29.1 Å². The van der Waals surface area contributed by atoms with E-state index >= 15 is 0 Å². The Bertz CT molecular complexity index is 652. The fourth-order valence-corrected chi connectivity index (χ4v) is 2.00. The number of alkyl carbamates (subject to hydrolysis) is 1. The summed E-state index contributed by atoms with van der Waals surface area (Å²) in [5, 5.41) is 22.6. The molecule has 0 bridgehead atoms. The van der Waals surface area contributed by atoms with Gasteiger partial charge >= 0.3 is 17.7 Å². The zero-order valence-corrected chi connectivity index (χ0v) is 14.6. The van der Waals surface area contributed by atoms with Gasteiger partial charge in [-0.25, -0.2) is 9.59 Å². The molecule has 0 heterocycles. The summed E-state index contributed by atoms with van der Waals surface area (Å²) in [6.07, 6.45) is -1.01. The number of hydrogen-bond donors (Lipinski definition) is 2. The Labute approximate surface area is 145 Å². The molecule has 0 spiro atoms. The van der Waals surface area contributed by atoms with Crippen molar-refractivity contribution in [2.24, 2.45) is 0 Å². The Balaban J connectivity index is 2.95. The molecule has 1 amide bonds. The molecule has 0 aromatic heterocycles. The highest BCUT2D eigenvalue weighted by atomic mass is 16.6. The van der Waals surface area contributed by atoms with Crippen LogP contribution in [-0.4, -0.2) is 40.3 Å². The fraction of sp³-hybridized carbons (Fsp3) is 0.500. The molecule has 9 nitrogen and oxygen atoms in total. The molecule has 0 fully saturated rings. The maximum atomic E-state index is 11.8. The molecule has 0 aliphatic heterocycles. The number of carbonyl (C=O) groups is 2. The van der Waals surface area contributed by atoms with E-state index in [2.05, 4.69) is 5.32 Å². The molecule has 1 rings (SSSR count). The van der Waals surface area contributed by atoms with Crippen LogP contribution in [0.2, 0.25) is 0 Å². The third-order valence-electron chi connectivity index (χ3n) is 2.95. The van der Waals surface area contributed by atoms with Crippen LogP contribution in [0, 0.1) is 10.1 Å². The lowest BCUT2D eigenvalue weighted by Crippen LogP contribution is -2.44. The van der Waals surface area contributed by atoms with Crippen LogP contribution in [0.1, 0.15) is 33.3 Å². The molecule has 0 saturated heterocycles. The first-order valence-corrected chi connectivity index (χ1v) is 7.66. The van der Waals surface area contributed by atoms with Crippen LogP contribution in [0.4, 0.5) is 10.5 Å². The number of nitro benzene ring substituents is 1. The lowest BCUT2D eigenvalue weighted by Gasteiger charge is -2.22. The average molecular weight is 354 g/mol. The highest BCUT2D eigenvalue weighted by molar-refractivity contribution is 5.80. The number of rotatable bonds is 7. The number of benzene rings is 1. The molecule has 0 aliphatic carbocycles. The first-order valence-electron chi connectivity index (χ1n) is 7.66. The predicted octanol–water partition coefficient (Wildman–Crippen LogP) is 2.51. The van der Waals surface area contributed by atoms with Crippen LogP contribution in [0.15, 0.2) is 18.2 Å². The van der Waals surface area contributed by atoms with Crippen molar-refractivity contribution in [3.8, 4) is 5.75 Å². The van der Waals surface area contributed by atoms with Gasteiger partial charge < -0.3 is 19.9 Å². The number of carboxylic acid groups (broad SMARTS) is 1. The fourth-order valence-electron chi connectivity index (χ4n) is 2.00. The maximum Gasteiger partial charge on any atom is 0.408 e. The first kappa shape index (κ1) is 20.2. The van der Waals surface area contributed by atoms with Crippen LogP contribution in [0.5, 0.6) is 5.75 Å². The third kappa shape index (κ3) is 6.66. The number of nitrogens with zero attached hydrogens (tertiary/aromatic N) is 1. The van der Waals surface area contributed by atoms with Gasteiger partial charge in [0.2, 0.25) is 0 Å². The Morgan fingerprint density at radius 1 is 1.36 bits per heavy atom. The molecule has 0 aliphatic rings. The van der Waals surface area contributed by atoms with E-state index < -0.39 is 28.6 Å². The largest absolute Gasteiger partial charge is 0.487 e. The van der Waals surface area contributed by atoms with E-state index in [4.69, 9.17) is 9.47 Å². The minimum absolute atomic E-state index is 0.100. The van der Waals surface area contributed by atoms with Gasteiger partial charge in [0, 0.05) is 12.5 Å². The molecule has 25 heavy (non-hydrogen) atoms. The van der Waals surface area contributed by atoms with Crippen LogP contribution in [0.3, 0.4) is 0 Å². The molecule has 0 saturated carbocycles. The number of aliphatic carboxylic acids is 1. The zero-order valence-electron chi connectivity index (χ0n) is 14.6. The lowest BCUT2D eigenvalue weighted by atomic mass is 10.0. The summed E-state index contributed by atoms with van der Waals surface area (Å²) in [5.74, 6) is -1.18. The van der Waals surface area contributed by atoms with Crippen molar-refractivity contribution >= 4 is 17.7 Å². The standard InChI is InChI=1S/C16H22N2O7/c1-5-24-13-7-6-10(9-12(13)18(22)23)8-11(14(19)20)17-15(21)25-16(2,3)4/h6-7,9,11H,5,8H2,1-4H3,(H,17,21)(H,19,20). The van der Waals surface area contributed by atoms with E-state index in [0.29, 0.717) is 5.56 Å². The van der Waals surface area contributed by atoms with E-state index in [1.807, 2.05) is 0 Å². The number of carbonyl (C=O) groups excluding carboxylic acids is 1. The van der Waals surface area contributed by atoms with E-state index in [9.17, 15) is 24.8 Å². The molecule has 0 radical (unpaired) electrons. The summed E-state index contributed by atoms with van der Waals surface area (Å²) in [6, 6.07) is 2.87. The number of ether oxygens (including phenoxy) is 2. The summed E-state index contributed by atoms with van der Waals surface area (Å²) < 4.78 is 10.2. The highest BCUT2D eigenvalue weighted by Crippen LogP contribution is 2.28. The van der Waals surface area contributed by atoms with Gasteiger partial charge in [-0.2, -0.15) is 0 Å².